The molecule has 1 amide bonds. The molecule has 1 aromatic carbocycles. The Kier molecular flexibility index (Phi) is 5.77. The van der Waals surface area contributed by atoms with Gasteiger partial charge in [-0.3, -0.25) is 4.79 Å². The molecule has 2 aliphatic rings. The zero-order valence-electron chi connectivity index (χ0n) is 15.1. The minimum absolute atomic E-state index is 0.0407. The Morgan fingerprint density at radius 2 is 1.52 bits per heavy atom. The lowest BCUT2D eigenvalue weighted by atomic mass is 9.83. The average Bonchev–Trinajstić information content (AvgIpc) is 2.67. The van der Waals surface area contributed by atoms with Gasteiger partial charge in [0.25, 0.3) is 5.91 Å². The van der Waals surface area contributed by atoms with Crippen molar-refractivity contribution in [3.8, 4) is 0 Å². The molecule has 1 saturated carbocycles. The Morgan fingerprint density at radius 1 is 0.926 bits per heavy atom. The van der Waals surface area contributed by atoms with Gasteiger partial charge in [0.2, 0.25) is 0 Å². The van der Waals surface area contributed by atoms with Gasteiger partial charge in [-0.05, 0) is 55.4 Å². The summed E-state index contributed by atoms with van der Waals surface area (Å²) in [7, 11) is 0. The van der Waals surface area contributed by atoms with Crippen LogP contribution in [0, 0.1) is 5.92 Å². The summed E-state index contributed by atoms with van der Waals surface area (Å²) < 4.78 is 38.5. The Balaban J connectivity index is 1.79. The molecule has 148 valence electrons. The van der Waals surface area contributed by atoms with E-state index in [1.165, 1.54) is 11.0 Å². The van der Waals surface area contributed by atoms with E-state index in [0.29, 0.717) is 0 Å². The van der Waals surface area contributed by atoms with E-state index in [1.54, 1.807) is 12.1 Å². The summed E-state index contributed by atoms with van der Waals surface area (Å²) in [5.41, 5.74) is 1.18. The molecular weight excluding hydrogens is 359 g/mol. The van der Waals surface area contributed by atoms with Crippen LogP contribution in [0.2, 0.25) is 0 Å². The summed E-state index contributed by atoms with van der Waals surface area (Å²) in [6, 6.07) is 4.71. The van der Waals surface area contributed by atoms with Crippen molar-refractivity contribution in [2.45, 2.75) is 57.0 Å². The molecule has 0 unspecified atom stereocenters. The molecule has 1 heterocycles. The number of nitrogens with zero attached hydrogens (tertiary/aromatic N) is 1. The summed E-state index contributed by atoms with van der Waals surface area (Å²) in [6.07, 6.45) is 0.808. The summed E-state index contributed by atoms with van der Waals surface area (Å²) in [4.78, 5) is 25.7. The number of hydrogen-bond donors (Lipinski definition) is 1. The van der Waals surface area contributed by atoms with E-state index >= 15 is 0 Å². The molecule has 0 spiro atoms. The van der Waals surface area contributed by atoms with E-state index < -0.39 is 18.1 Å². The van der Waals surface area contributed by atoms with Crippen molar-refractivity contribution in [1.29, 1.82) is 0 Å². The standard InChI is InChI=1S/C20H24F3NO3/c21-20(22,23)17-6-8-24(9-7-17)18(25)15-10-14(11-16(12-15)19(26)27)13-4-2-1-3-5-13/h10-13,17H,1-9H2,(H,26,27). The number of carbonyl (C=O) groups excluding carboxylic acids is 1. The second kappa shape index (κ2) is 7.90. The monoisotopic (exact) mass is 383 g/mol. The lowest BCUT2D eigenvalue weighted by Crippen LogP contribution is -2.42. The van der Waals surface area contributed by atoms with Crippen molar-refractivity contribution in [3.63, 3.8) is 0 Å². The number of alkyl halides is 3. The van der Waals surface area contributed by atoms with Crippen LogP contribution in [0.15, 0.2) is 18.2 Å². The zero-order chi connectivity index (χ0) is 19.6. The molecule has 1 N–H and O–H groups in total. The van der Waals surface area contributed by atoms with Gasteiger partial charge in [-0.15, -0.1) is 0 Å². The van der Waals surface area contributed by atoms with Crippen LogP contribution in [0.25, 0.3) is 0 Å². The summed E-state index contributed by atoms with van der Waals surface area (Å²) >= 11 is 0. The first kappa shape index (κ1) is 19.7. The molecule has 0 bridgehead atoms. The fraction of sp³-hybridized carbons (Fsp3) is 0.600. The van der Waals surface area contributed by atoms with Crippen LogP contribution in [-0.4, -0.2) is 41.1 Å². The van der Waals surface area contributed by atoms with E-state index in [-0.39, 0.29) is 48.9 Å². The molecule has 0 atom stereocenters. The molecule has 2 fully saturated rings. The number of amides is 1. The molecule has 1 saturated heterocycles. The highest BCUT2D eigenvalue weighted by Gasteiger charge is 2.41. The number of carboxylic acids is 1. The number of piperidine rings is 1. The van der Waals surface area contributed by atoms with E-state index in [4.69, 9.17) is 0 Å². The number of carboxylic acid groups (broad SMARTS) is 1. The SMILES string of the molecule is O=C(O)c1cc(C(=O)N2CCC(C(F)(F)F)CC2)cc(C2CCCCC2)c1. The highest BCUT2D eigenvalue weighted by Crippen LogP contribution is 2.36. The third kappa shape index (κ3) is 4.62. The molecule has 0 aromatic heterocycles. The van der Waals surface area contributed by atoms with Crippen molar-refractivity contribution >= 4 is 11.9 Å². The van der Waals surface area contributed by atoms with Gasteiger partial charge in [-0.2, -0.15) is 13.2 Å². The van der Waals surface area contributed by atoms with Crippen LogP contribution in [0.1, 0.15) is 77.1 Å². The van der Waals surface area contributed by atoms with Gasteiger partial charge < -0.3 is 10.0 Å². The number of likely N-dealkylation sites (tertiary alicyclic amines) is 1. The largest absolute Gasteiger partial charge is 0.478 e. The molecule has 27 heavy (non-hydrogen) atoms. The quantitative estimate of drug-likeness (QED) is 0.812. The predicted molar refractivity (Wildman–Crippen MR) is 93.9 cm³/mol. The van der Waals surface area contributed by atoms with Gasteiger partial charge in [-0.25, -0.2) is 4.79 Å². The average molecular weight is 383 g/mol. The van der Waals surface area contributed by atoms with E-state index in [2.05, 4.69) is 0 Å². The molecule has 1 aromatic rings. The third-order valence-electron chi connectivity index (χ3n) is 5.77. The van der Waals surface area contributed by atoms with Gasteiger partial charge in [-0.1, -0.05) is 19.3 Å². The van der Waals surface area contributed by atoms with Gasteiger partial charge in [0.1, 0.15) is 0 Å². The van der Waals surface area contributed by atoms with Crippen LogP contribution in [-0.2, 0) is 0 Å². The molecule has 4 nitrogen and oxygen atoms in total. The first-order valence-electron chi connectivity index (χ1n) is 9.50. The third-order valence-corrected chi connectivity index (χ3v) is 5.77. The minimum Gasteiger partial charge on any atom is -0.478 e. The zero-order valence-corrected chi connectivity index (χ0v) is 15.1. The normalized spacial score (nSPS) is 19.9. The van der Waals surface area contributed by atoms with E-state index in [9.17, 15) is 27.9 Å². The lowest BCUT2D eigenvalue weighted by Gasteiger charge is -2.33. The molecule has 0 radical (unpaired) electrons. The van der Waals surface area contributed by atoms with Crippen LogP contribution in [0.5, 0.6) is 0 Å². The molecule has 3 rings (SSSR count). The fourth-order valence-electron chi connectivity index (χ4n) is 4.16. The Morgan fingerprint density at radius 3 is 2.07 bits per heavy atom. The Labute approximate surface area is 156 Å². The summed E-state index contributed by atoms with van der Waals surface area (Å²) in [6.45, 7) is 0.0815. The minimum atomic E-state index is -4.23. The smallest absolute Gasteiger partial charge is 0.391 e. The first-order chi connectivity index (χ1) is 12.8. The number of benzene rings is 1. The molecule has 1 aliphatic carbocycles. The Hall–Kier alpha value is -2.05. The van der Waals surface area contributed by atoms with Gasteiger partial charge in [0, 0.05) is 18.7 Å². The number of halogens is 3. The second-order valence-electron chi connectivity index (χ2n) is 7.59. The van der Waals surface area contributed by atoms with E-state index in [1.807, 2.05) is 0 Å². The maximum atomic E-state index is 12.8. The lowest BCUT2D eigenvalue weighted by molar-refractivity contribution is -0.183. The van der Waals surface area contributed by atoms with Gasteiger partial charge in [0.15, 0.2) is 0 Å². The van der Waals surface area contributed by atoms with Crippen molar-refractivity contribution in [3.05, 3.63) is 34.9 Å². The van der Waals surface area contributed by atoms with Gasteiger partial charge >= 0.3 is 12.1 Å². The molecule has 7 heteroatoms. The highest BCUT2D eigenvalue weighted by atomic mass is 19.4. The maximum absolute atomic E-state index is 12.8. The second-order valence-corrected chi connectivity index (χ2v) is 7.59. The fourth-order valence-corrected chi connectivity index (χ4v) is 4.16. The Bertz CT molecular complexity index is 703. The van der Waals surface area contributed by atoms with Crippen LogP contribution in [0.3, 0.4) is 0 Å². The number of carbonyl (C=O) groups is 2. The van der Waals surface area contributed by atoms with Crippen LogP contribution >= 0.6 is 0 Å². The molecule has 1 aliphatic heterocycles. The highest BCUT2D eigenvalue weighted by molar-refractivity contribution is 5.98. The van der Waals surface area contributed by atoms with Crippen molar-refractivity contribution < 1.29 is 27.9 Å². The topological polar surface area (TPSA) is 57.6 Å². The summed E-state index contributed by atoms with van der Waals surface area (Å²) in [5, 5.41) is 9.40. The van der Waals surface area contributed by atoms with Crippen LogP contribution < -0.4 is 0 Å². The maximum Gasteiger partial charge on any atom is 0.391 e. The number of aromatic carboxylic acids is 1. The van der Waals surface area contributed by atoms with Crippen molar-refractivity contribution in [2.24, 2.45) is 5.92 Å². The van der Waals surface area contributed by atoms with Crippen molar-refractivity contribution in [2.75, 3.05) is 13.1 Å². The van der Waals surface area contributed by atoms with Crippen LogP contribution in [0.4, 0.5) is 13.2 Å². The van der Waals surface area contributed by atoms with Crippen molar-refractivity contribution in [1.82, 2.24) is 4.90 Å². The summed E-state index contributed by atoms with van der Waals surface area (Å²) in [5.74, 6) is -2.61. The first-order valence-corrected chi connectivity index (χ1v) is 9.50. The number of hydrogen-bond acceptors (Lipinski definition) is 2. The number of rotatable bonds is 3. The van der Waals surface area contributed by atoms with E-state index in [0.717, 1.165) is 37.7 Å². The predicted octanol–water partition coefficient (Wildman–Crippen LogP) is 4.85. The van der Waals surface area contributed by atoms with Gasteiger partial charge in [0.05, 0.1) is 11.5 Å². The molecular formula is C20H24F3NO3.